The topological polar surface area (TPSA) is 141 Å². The normalized spacial score (nSPS) is 28.0. The van der Waals surface area contributed by atoms with Crippen LogP contribution in [0.5, 0.6) is 0 Å². The summed E-state index contributed by atoms with van der Waals surface area (Å²) in [6, 6.07) is -0.586. The van der Waals surface area contributed by atoms with Gasteiger partial charge in [0, 0.05) is 12.6 Å². The van der Waals surface area contributed by atoms with Gasteiger partial charge in [0.15, 0.2) is 0 Å². The van der Waals surface area contributed by atoms with Gasteiger partial charge in [-0.15, -0.1) is 0 Å². The predicted molar refractivity (Wildman–Crippen MR) is 97.2 cm³/mol. The van der Waals surface area contributed by atoms with Crippen molar-refractivity contribution >= 4 is 23.5 Å². The zero-order chi connectivity index (χ0) is 20.7. The molecule has 0 saturated carbocycles. The number of rotatable bonds is 12. The Bertz CT molecular complexity index is 540. The van der Waals surface area contributed by atoms with Gasteiger partial charge in [0.25, 0.3) is 0 Å². The van der Waals surface area contributed by atoms with Gasteiger partial charge in [0.05, 0.1) is 32.0 Å². The fourth-order valence-electron chi connectivity index (χ4n) is 2.45. The van der Waals surface area contributed by atoms with Crippen LogP contribution in [0, 0.1) is 5.41 Å². The van der Waals surface area contributed by atoms with Crippen molar-refractivity contribution in [3.05, 3.63) is 0 Å². The lowest BCUT2D eigenvalue weighted by Gasteiger charge is -2.31. The standard InChI is InChI=1S/C14H29BO10P2/c1-14(2,3)13-11(10-12(15)24-13)25-27(19,20)23-9-5-8-22-26(17,18)21-7-4-6-16/h11-13,16H,4-10H2,1-3H3,(H,17,18)(H,19,20). The Morgan fingerprint density at radius 3 is 2.07 bits per heavy atom. The monoisotopic (exact) mass is 430 g/mol. The summed E-state index contributed by atoms with van der Waals surface area (Å²) in [4.78, 5) is 19.2. The molecule has 0 aromatic carbocycles. The number of hydrogen-bond acceptors (Lipinski definition) is 8. The number of phosphoric acid groups is 2. The zero-order valence-electron chi connectivity index (χ0n) is 15.9. The molecule has 1 saturated heterocycles. The van der Waals surface area contributed by atoms with Crippen LogP contribution in [0.25, 0.3) is 0 Å². The van der Waals surface area contributed by atoms with Crippen molar-refractivity contribution in [1.82, 2.24) is 0 Å². The molecule has 0 aliphatic carbocycles. The van der Waals surface area contributed by atoms with Gasteiger partial charge in [0.2, 0.25) is 0 Å². The Labute approximate surface area is 161 Å². The SMILES string of the molecule is [B]C1CC(OP(=O)(O)OCCCOP(=O)(O)OCCCO)C(C(C)(C)C)O1. The minimum absolute atomic E-state index is 0.0607. The molecule has 0 aromatic rings. The highest BCUT2D eigenvalue weighted by Gasteiger charge is 2.44. The Balaban J connectivity index is 2.35. The van der Waals surface area contributed by atoms with Crippen molar-refractivity contribution in [3.8, 4) is 0 Å². The number of aliphatic hydroxyl groups is 1. The summed E-state index contributed by atoms with van der Waals surface area (Å²) in [5.41, 5.74) is -0.342. The van der Waals surface area contributed by atoms with Crippen LogP contribution in [0.4, 0.5) is 0 Å². The van der Waals surface area contributed by atoms with E-state index in [0.717, 1.165) is 0 Å². The number of aliphatic hydroxyl groups excluding tert-OH is 1. The second-order valence-corrected chi connectivity index (χ2v) is 10.1. The van der Waals surface area contributed by atoms with Crippen LogP contribution in [0.1, 0.15) is 40.0 Å². The van der Waals surface area contributed by atoms with E-state index < -0.39 is 33.9 Å². The van der Waals surface area contributed by atoms with Crippen LogP contribution in [-0.2, 0) is 32.0 Å². The summed E-state index contributed by atoms with van der Waals surface area (Å²) in [7, 11) is -2.83. The van der Waals surface area contributed by atoms with Gasteiger partial charge in [-0.25, -0.2) is 9.13 Å². The van der Waals surface area contributed by atoms with E-state index in [0.29, 0.717) is 0 Å². The van der Waals surface area contributed by atoms with Gasteiger partial charge in [-0.1, -0.05) is 20.8 Å². The smallest absolute Gasteiger partial charge is 0.396 e. The molecule has 0 spiro atoms. The fraction of sp³-hybridized carbons (Fsp3) is 1.00. The van der Waals surface area contributed by atoms with Crippen LogP contribution in [0.15, 0.2) is 0 Å². The molecule has 1 rings (SSSR count). The van der Waals surface area contributed by atoms with Gasteiger partial charge in [-0.3, -0.25) is 18.1 Å². The highest BCUT2D eigenvalue weighted by molar-refractivity contribution is 7.47. The summed E-state index contributed by atoms with van der Waals surface area (Å²) in [5, 5.41) is 8.58. The zero-order valence-corrected chi connectivity index (χ0v) is 17.6. The van der Waals surface area contributed by atoms with Crippen LogP contribution in [-0.4, -0.2) is 67.4 Å². The molecule has 1 heterocycles. The van der Waals surface area contributed by atoms with E-state index >= 15 is 0 Å². The van der Waals surface area contributed by atoms with Gasteiger partial charge in [-0.2, -0.15) is 0 Å². The van der Waals surface area contributed by atoms with Crippen molar-refractivity contribution in [2.75, 3.05) is 26.4 Å². The molecule has 5 atom stereocenters. The molecule has 0 bridgehead atoms. The van der Waals surface area contributed by atoms with E-state index in [2.05, 4.69) is 9.05 Å². The first-order valence-electron chi connectivity index (χ1n) is 8.66. The number of phosphoric ester groups is 2. The Morgan fingerprint density at radius 1 is 1.04 bits per heavy atom. The van der Waals surface area contributed by atoms with E-state index in [1.54, 1.807) is 0 Å². The minimum Gasteiger partial charge on any atom is -0.396 e. The van der Waals surface area contributed by atoms with E-state index in [1.165, 1.54) is 0 Å². The van der Waals surface area contributed by atoms with Crippen LogP contribution < -0.4 is 0 Å². The van der Waals surface area contributed by atoms with E-state index in [9.17, 15) is 18.9 Å². The lowest BCUT2D eigenvalue weighted by Crippen LogP contribution is -2.36. The lowest BCUT2D eigenvalue weighted by atomic mass is 9.85. The molecular weight excluding hydrogens is 401 g/mol. The first-order chi connectivity index (χ1) is 12.4. The largest absolute Gasteiger partial charge is 0.472 e. The van der Waals surface area contributed by atoms with E-state index in [-0.39, 0.29) is 51.1 Å². The average molecular weight is 430 g/mol. The third kappa shape index (κ3) is 9.99. The first kappa shape index (κ1) is 25.2. The second kappa shape index (κ2) is 10.8. The maximum Gasteiger partial charge on any atom is 0.472 e. The van der Waals surface area contributed by atoms with Crippen LogP contribution >= 0.6 is 15.6 Å². The Morgan fingerprint density at radius 2 is 1.56 bits per heavy atom. The van der Waals surface area contributed by atoms with Gasteiger partial charge in [-0.05, 0) is 24.7 Å². The minimum atomic E-state index is -4.36. The van der Waals surface area contributed by atoms with Crippen molar-refractivity contribution in [1.29, 1.82) is 0 Å². The van der Waals surface area contributed by atoms with Crippen molar-refractivity contribution in [2.24, 2.45) is 5.41 Å². The average Bonchev–Trinajstić information content (AvgIpc) is 2.86. The van der Waals surface area contributed by atoms with E-state index in [4.69, 9.17) is 26.7 Å². The summed E-state index contributed by atoms with van der Waals surface area (Å²) in [5.74, 6) is 0. The van der Waals surface area contributed by atoms with Crippen LogP contribution in [0.3, 0.4) is 0 Å². The molecule has 1 aliphatic rings. The number of ether oxygens (including phenoxy) is 1. The van der Waals surface area contributed by atoms with Gasteiger partial charge >= 0.3 is 15.6 Å². The quantitative estimate of drug-likeness (QED) is 0.238. The van der Waals surface area contributed by atoms with Crippen molar-refractivity contribution < 1.29 is 46.9 Å². The molecule has 27 heavy (non-hydrogen) atoms. The molecule has 5 unspecified atom stereocenters. The lowest BCUT2D eigenvalue weighted by molar-refractivity contribution is -0.0366. The molecule has 13 heteroatoms. The maximum absolute atomic E-state index is 12.1. The molecular formula is C14H29BO10P2. The molecule has 0 aromatic heterocycles. The number of hydrogen-bond donors (Lipinski definition) is 3. The van der Waals surface area contributed by atoms with Crippen molar-refractivity contribution in [3.63, 3.8) is 0 Å². The first-order valence-corrected chi connectivity index (χ1v) is 11.6. The molecule has 1 aliphatic heterocycles. The molecule has 2 radical (unpaired) electrons. The maximum atomic E-state index is 12.1. The summed E-state index contributed by atoms with van der Waals surface area (Å²) in [6.07, 6.45) is -0.629. The third-order valence-electron chi connectivity index (χ3n) is 3.60. The highest BCUT2D eigenvalue weighted by atomic mass is 31.2. The van der Waals surface area contributed by atoms with E-state index in [1.807, 2.05) is 20.8 Å². The molecule has 1 fully saturated rings. The van der Waals surface area contributed by atoms with Gasteiger partial charge < -0.3 is 19.6 Å². The van der Waals surface area contributed by atoms with Crippen molar-refractivity contribution in [2.45, 2.75) is 58.2 Å². The Hall–Kier alpha value is 0.205. The summed E-state index contributed by atoms with van der Waals surface area (Å²) < 4.78 is 48.5. The van der Waals surface area contributed by atoms with Gasteiger partial charge in [0.1, 0.15) is 7.85 Å². The molecule has 158 valence electrons. The predicted octanol–water partition coefficient (Wildman–Crippen LogP) is 1.72. The highest BCUT2D eigenvalue weighted by Crippen LogP contribution is 2.49. The molecule has 0 amide bonds. The molecule has 10 nitrogen and oxygen atoms in total. The third-order valence-corrected chi connectivity index (χ3v) is 5.66. The summed E-state index contributed by atoms with van der Waals surface area (Å²) >= 11 is 0. The van der Waals surface area contributed by atoms with Crippen LogP contribution in [0.2, 0.25) is 0 Å². The Kier molecular flexibility index (Phi) is 10.1. The fourth-order valence-corrected chi connectivity index (χ4v) is 4.20. The summed E-state index contributed by atoms with van der Waals surface area (Å²) in [6.45, 7) is 4.96. The second-order valence-electron chi connectivity index (χ2n) is 7.21. The molecule has 3 N–H and O–H groups in total.